The van der Waals surface area contributed by atoms with E-state index in [-0.39, 0.29) is 30.9 Å². The van der Waals surface area contributed by atoms with Gasteiger partial charge >= 0.3 is 5.97 Å². The Balaban J connectivity index is 1.34. The molecule has 0 spiro atoms. The Hall–Kier alpha value is -3.04. The zero-order valence-electron chi connectivity index (χ0n) is 17.7. The van der Waals surface area contributed by atoms with Gasteiger partial charge in [-0.2, -0.15) is 0 Å². The summed E-state index contributed by atoms with van der Waals surface area (Å²) in [6, 6.07) is 9.43. The van der Waals surface area contributed by atoms with E-state index >= 15 is 0 Å². The van der Waals surface area contributed by atoms with Crippen LogP contribution in [0.5, 0.6) is 0 Å². The number of benzene rings is 1. The summed E-state index contributed by atoms with van der Waals surface area (Å²) in [5.74, 6) is -0.193. The number of imide groups is 1. The number of carbonyl (C=O) groups excluding carboxylic acids is 3. The van der Waals surface area contributed by atoms with Crippen LogP contribution in [0.4, 0.5) is 11.5 Å². The van der Waals surface area contributed by atoms with Gasteiger partial charge in [-0.1, -0.05) is 11.6 Å². The van der Waals surface area contributed by atoms with E-state index in [0.29, 0.717) is 16.4 Å². The number of hydrogen-bond acceptors (Lipinski definition) is 8. The summed E-state index contributed by atoms with van der Waals surface area (Å²) < 4.78 is 4.97. The minimum Gasteiger partial charge on any atom is -0.462 e. The Bertz CT molecular complexity index is 990. The van der Waals surface area contributed by atoms with Gasteiger partial charge in [-0.25, -0.2) is 9.69 Å². The van der Waals surface area contributed by atoms with Crippen molar-refractivity contribution in [3.8, 4) is 0 Å². The van der Waals surface area contributed by atoms with Crippen LogP contribution >= 0.6 is 11.6 Å². The predicted molar refractivity (Wildman–Crippen MR) is 119 cm³/mol. The summed E-state index contributed by atoms with van der Waals surface area (Å²) in [7, 11) is 0. The first kappa shape index (κ1) is 22.2. The van der Waals surface area contributed by atoms with Crippen LogP contribution in [0.2, 0.25) is 5.15 Å². The zero-order valence-corrected chi connectivity index (χ0v) is 18.4. The number of carbonyl (C=O) groups is 3. The van der Waals surface area contributed by atoms with E-state index in [1.165, 1.54) is 4.90 Å². The van der Waals surface area contributed by atoms with E-state index < -0.39 is 12.0 Å². The van der Waals surface area contributed by atoms with Crippen molar-refractivity contribution in [2.24, 2.45) is 0 Å². The molecule has 1 aromatic carbocycles. The third-order valence-corrected chi connectivity index (χ3v) is 5.86. The van der Waals surface area contributed by atoms with E-state index in [1.807, 2.05) is 6.07 Å². The Morgan fingerprint density at radius 2 is 1.84 bits per heavy atom. The maximum absolute atomic E-state index is 12.9. The number of nitrogens with zero attached hydrogens (tertiary/aromatic N) is 4. The van der Waals surface area contributed by atoms with E-state index in [0.717, 1.165) is 31.7 Å². The minimum absolute atomic E-state index is 0.112. The van der Waals surface area contributed by atoms with Gasteiger partial charge < -0.3 is 15.0 Å². The first-order valence-corrected chi connectivity index (χ1v) is 11.0. The maximum atomic E-state index is 12.9. The van der Waals surface area contributed by atoms with Crippen molar-refractivity contribution in [3.63, 3.8) is 0 Å². The highest BCUT2D eigenvalue weighted by molar-refractivity contribution is 6.29. The molecule has 2 aliphatic heterocycles. The highest BCUT2D eigenvalue weighted by Gasteiger charge is 2.40. The van der Waals surface area contributed by atoms with Crippen molar-refractivity contribution in [2.45, 2.75) is 38.3 Å². The normalized spacial score (nSPS) is 19.5. The lowest BCUT2D eigenvalue weighted by molar-refractivity contribution is -0.121. The lowest BCUT2D eigenvalue weighted by atomic mass is 10.0. The number of halogens is 1. The van der Waals surface area contributed by atoms with Crippen LogP contribution in [-0.4, -0.2) is 59.8 Å². The van der Waals surface area contributed by atoms with Crippen LogP contribution in [0, 0.1) is 0 Å². The molecule has 1 atom stereocenters. The molecule has 168 valence electrons. The first-order valence-electron chi connectivity index (χ1n) is 10.6. The molecule has 2 saturated heterocycles. The lowest BCUT2D eigenvalue weighted by Crippen LogP contribution is -2.49. The quantitative estimate of drug-likeness (QED) is 0.520. The third-order valence-electron chi connectivity index (χ3n) is 5.66. The molecule has 2 aromatic rings. The van der Waals surface area contributed by atoms with Crippen molar-refractivity contribution >= 4 is 40.9 Å². The molecule has 32 heavy (non-hydrogen) atoms. The van der Waals surface area contributed by atoms with Crippen molar-refractivity contribution in [3.05, 3.63) is 47.1 Å². The van der Waals surface area contributed by atoms with Crippen molar-refractivity contribution in [1.29, 1.82) is 0 Å². The molecule has 0 bridgehead atoms. The fourth-order valence-electron chi connectivity index (χ4n) is 4.03. The Morgan fingerprint density at radius 1 is 1.12 bits per heavy atom. The average Bonchev–Trinajstić information content (AvgIpc) is 3.08. The van der Waals surface area contributed by atoms with Gasteiger partial charge in [-0.05, 0) is 56.2 Å². The molecule has 3 heterocycles. The molecule has 2 fully saturated rings. The number of rotatable bonds is 6. The summed E-state index contributed by atoms with van der Waals surface area (Å²) in [5, 5.41) is 11.7. The predicted octanol–water partition coefficient (Wildman–Crippen LogP) is 2.20. The van der Waals surface area contributed by atoms with E-state index in [4.69, 9.17) is 16.3 Å². The van der Waals surface area contributed by atoms with Gasteiger partial charge in [0.15, 0.2) is 11.0 Å². The number of amides is 2. The summed E-state index contributed by atoms with van der Waals surface area (Å²) >= 11 is 5.80. The fourth-order valence-corrected chi connectivity index (χ4v) is 4.13. The van der Waals surface area contributed by atoms with Crippen LogP contribution in [0.15, 0.2) is 36.4 Å². The van der Waals surface area contributed by atoms with Gasteiger partial charge in [0.1, 0.15) is 0 Å². The van der Waals surface area contributed by atoms with Crippen LogP contribution in [0.25, 0.3) is 0 Å². The maximum Gasteiger partial charge on any atom is 0.338 e. The van der Waals surface area contributed by atoms with E-state index in [1.54, 1.807) is 37.3 Å². The number of nitrogens with one attached hydrogen (secondary N) is 1. The van der Waals surface area contributed by atoms with Crippen LogP contribution < -0.4 is 15.1 Å². The molecule has 2 aliphatic rings. The van der Waals surface area contributed by atoms with Gasteiger partial charge in [0.05, 0.1) is 30.3 Å². The number of aromatic nitrogens is 2. The number of piperidine rings is 1. The summed E-state index contributed by atoms with van der Waals surface area (Å²) in [4.78, 5) is 40.6. The number of hydrogen-bond donors (Lipinski definition) is 1. The molecule has 0 radical (unpaired) electrons. The Labute approximate surface area is 190 Å². The first-order chi connectivity index (χ1) is 15.5. The molecular weight excluding hydrogens is 434 g/mol. The molecule has 1 aromatic heterocycles. The van der Waals surface area contributed by atoms with Gasteiger partial charge in [0.25, 0.3) is 5.91 Å². The summed E-state index contributed by atoms with van der Waals surface area (Å²) in [6.07, 6.45) is 1.74. The molecule has 9 nitrogen and oxygen atoms in total. The van der Waals surface area contributed by atoms with Gasteiger partial charge in [0, 0.05) is 19.1 Å². The van der Waals surface area contributed by atoms with Gasteiger partial charge in [-0.15, -0.1) is 10.2 Å². The molecule has 0 saturated carbocycles. The Morgan fingerprint density at radius 3 is 2.47 bits per heavy atom. The third kappa shape index (κ3) is 4.73. The number of anilines is 2. The van der Waals surface area contributed by atoms with Crippen LogP contribution in [-0.2, 0) is 14.3 Å². The number of ether oxygens (including phenoxy) is 1. The van der Waals surface area contributed by atoms with E-state index in [2.05, 4.69) is 20.4 Å². The smallest absolute Gasteiger partial charge is 0.338 e. The molecule has 0 aliphatic carbocycles. The topological polar surface area (TPSA) is 105 Å². The standard InChI is InChI=1S/C22H24ClN5O4/c1-2-32-22(31)14-3-5-16(6-4-14)28-20(29)13-17(21(28)30)24-15-9-11-27(12-10-15)19-8-7-18(23)25-26-19/h3-8,15,17,24H,2,9-13H2,1H3/t17-/m0/s1. The van der Waals surface area contributed by atoms with Crippen LogP contribution in [0.3, 0.4) is 0 Å². The van der Waals surface area contributed by atoms with Gasteiger partial charge in [0.2, 0.25) is 5.91 Å². The molecule has 1 N–H and O–H groups in total. The average molecular weight is 458 g/mol. The number of esters is 1. The van der Waals surface area contributed by atoms with E-state index in [9.17, 15) is 14.4 Å². The second-order valence-electron chi connectivity index (χ2n) is 7.73. The lowest BCUT2D eigenvalue weighted by Gasteiger charge is -2.33. The second kappa shape index (κ2) is 9.62. The highest BCUT2D eigenvalue weighted by atomic mass is 35.5. The zero-order chi connectivity index (χ0) is 22.7. The summed E-state index contributed by atoms with van der Waals surface area (Å²) in [5.41, 5.74) is 0.829. The monoisotopic (exact) mass is 457 g/mol. The fraction of sp³-hybridized carbons (Fsp3) is 0.409. The molecule has 0 unspecified atom stereocenters. The summed E-state index contributed by atoms with van der Waals surface area (Å²) in [6.45, 7) is 3.55. The molecule has 10 heteroatoms. The van der Waals surface area contributed by atoms with Gasteiger partial charge in [-0.3, -0.25) is 9.59 Å². The van der Waals surface area contributed by atoms with Crippen molar-refractivity contribution < 1.29 is 19.1 Å². The Kier molecular flexibility index (Phi) is 6.66. The molecule has 4 rings (SSSR count). The van der Waals surface area contributed by atoms with Crippen molar-refractivity contribution in [1.82, 2.24) is 15.5 Å². The SMILES string of the molecule is CCOC(=O)c1ccc(N2C(=O)C[C@H](NC3CCN(c4ccc(Cl)nn4)CC3)C2=O)cc1. The second-order valence-corrected chi connectivity index (χ2v) is 8.12. The highest BCUT2D eigenvalue weighted by Crippen LogP contribution is 2.25. The van der Waals surface area contributed by atoms with Crippen LogP contribution in [0.1, 0.15) is 36.5 Å². The molecule has 2 amide bonds. The largest absolute Gasteiger partial charge is 0.462 e. The molecular formula is C22H24ClN5O4. The van der Waals surface area contributed by atoms with Crippen molar-refractivity contribution in [2.75, 3.05) is 29.5 Å². The minimum atomic E-state index is -0.556.